The third-order valence-electron chi connectivity index (χ3n) is 7.95. The second-order valence-electron chi connectivity index (χ2n) is 10.3. The Morgan fingerprint density at radius 1 is 1.00 bits per heavy atom. The molecule has 3 heterocycles. The number of hydrogen-bond donors (Lipinski definition) is 1. The van der Waals surface area contributed by atoms with Crippen LogP contribution in [-0.4, -0.2) is 58.8 Å². The van der Waals surface area contributed by atoms with Crippen LogP contribution in [-0.2, 0) is 22.6 Å². The number of carbonyl (C=O) groups is 2. The van der Waals surface area contributed by atoms with Gasteiger partial charge >= 0.3 is 0 Å². The van der Waals surface area contributed by atoms with Crippen molar-refractivity contribution in [3.8, 4) is 0 Å². The van der Waals surface area contributed by atoms with E-state index >= 15 is 0 Å². The molecule has 7 nitrogen and oxygen atoms in total. The fourth-order valence-corrected chi connectivity index (χ4v) is 5.60. The van der Waals surface area contributed by atoms with Crippen LogP contribution in [0.4, 0.5) is 11.5 Å². The van der Waals surface area contributed by atoms with E-state index in [4.69, 9.17) is 10.7 Å². The van der Waals surface area contributed by atoms with E-state index in [1.807, 2.05) is 4.90 Å². The molecule has 6 rings (SSSR count). The highest BCUT2D eigenvalue weighted by atomic mass is 16.2. The molecule has 5 aliphatic rings. The summed E-state index contributed by atoms with van der Waals surface area (Å²) in [5, 5.41) is 0. The molecular formula is C24H33N5O2. The van der Waals surface area contributed by atoms with E-state index in [0.717, 1.165) is 56.9 Å². The van der Waals surface area contributed by atoms with Crippen LogP contribution in [0, 0.1) is 11.8 Å². The smallest absolute Gasteiger partial charge is 0.226 e. The Kier molecular flexibility index (Phi) is 4.44. The lowest BCUT2D eigenvalue weighted by Crippen LogP contribution is -2.57. The topological polar surface area (TPSA) is 82.8 Å². The van der Waals surface area contributed by atoms with Crippen molar-refractivity contribution < 1.29 is 9.59 Å². The SMILES string of the molecule is CC(=O)N1CCc2c(N)c(N3CCN(C(=O)C4CC4)[C@H](C4CC4)C3)nc(C3CC3)c2C1. The van der Waals surface area contributed by atoms with E-state index in [2.05, 4.69) is 9.80 Å². The van der Waals surface area contributed by atoms with Crippen LogP contribution in [0.15, 0.2) is 0 Å². The molecule has 7 heteroatoms. The highest BCUT2D eigenvalue weighted by molar-refractivity contribution is 5.82. The summed E-state index contributed by atoms with van der Waals surface area (Å²) in [6.07, 6.45) is 7.76. The third kappa shape index (κ3) is 3.46. The van der Waals surface area contributed by atoms with Crippen LogP contribution in [0.25, 0.3) is 0 Å². The zero-order chi connectivity index (χ0) is 21.3. The van der Waals surface area contributed by atoms with Crippen molar-refractivity contribution in [1.82, 2.24) is 14.8 Å². The van der Waals surface area contributed by atoms with Crippen molar-refractivity contribution in [2.75, 3.05) is 36.8 Å². The molecule has 1 aromatic rings. The Morgan fingerprint density at radius 2 is 1.77 bits per heavy atom. The molecule has 166 valence electrons. The molecule has 1 saturated heterocycles. The van der Waals surface area contributed by atoms with Gasteiger partial charge in [0.25, 0.3) is 0 Å². The number of carbonyl (C=O) groups excluding carboxylic acids is 2. The molecule has 0 aromatic carbocycles. The predicted octanol–water partition coefficient (Wildman–Crippen LogP) is 2.28. The molecule has 1 atom stereocenters. The average molecular weight is 424 g/mol. The number of pyridine rings is 1. The zero-order valence-corrected chi connectivity index (χ0v) is 18.5. The molecule has 0 spiro atoms. The maximum atomic E-state index is 12.9. The van der Waals surface area contributed by atoms with Crippen LogP contribution in [0.5, 0.6) is 0 Å². The molecule has 3 aliphatic carbocycles. The number of hydrogen-bond acceptors (Lipinski definition) is 5. The summed E-state index contributed by atoms with van der Waals surface area (Å²) in [4.78, 5) is 36.5. The van der Waals surface area contributed by atoms with Gasteiger partial charge in [0, 0.05) is 51.5 Å². The normalized spacial score (nSPS) is 26.1. The van der Waals surface area contributed by atoms with Crippen LogP contribution in [0.3, 0.4) is 0 Å². The Balaban J connectivity index is 1.31. The monoisotopic (exact) mass is 423 g/mol. The minimum atomic E-state index is 0.124. The Hall–Kier alpha value is -2.31. The quantitative estimate of drug-likeness (QED) is 0.803. The highest BCUT2D eigenvalue weighted by Crippen LogP contribution is 2.46. The van der Waals surface area contributed by atoms with Gasteiger partial charge in [0.2, 0.25) is 11.8 Å². The van der Waals surface area contributed by atoms with Gasteiger partial charge in [-0.15, -0.1) is 0 Å². The summed E-state index contributed by atoms with van der Waals surface area (Å²) >= 11 is 0. The van der Waals surface area contributed by atoms with Crippen molar-refractivity contribution >= 4 is 23.3 Å². The number of anilines is 2. The van der Waals surface area contributed by atoms with E-state index in [1.54, 1.807) is 6.92 Å². The predicted molar refractivity (Wildman–Crippen MR) is 119 cm³/mol. The number of piperazine rings is 1. The first-order chi connectivity index (χ1) is 15.0. The van der Waals surface area contributed by atoms with Crippen molar-refractivity contribution in [2.24, 2.45) is 11.8 Å². The van der Waals surface area contributed by atoms with Gasteiger partial charge in [-0.2, -0.15) is 0 Å². The van der Waals surface area contributed by atoms with Crippen LogP contribution in [0.2, 0.25) is 0 Å². The van der Waals surface area contributed by atoms with Gasteiger partial charge in [0.1, 0.15) is 0 Å². The van der Waals surface area contributed by atoms with Crippen LogP contribution >= 0.6 is 0 Å². The van der Waals surface area contributed by atoms with Crippen molar-refractivity contribution in [2.45, 2.75) is 70.4 Å². The van der Waals surface area contributed by atoms with Crippen LogP contribution < -0.4 is 10.6 Å². The number of nitrogens with zero attached hydrogens (tertiary/aromatic N) is 4. The third-order valence-corrected chi connectivity index (χ3v) is 7.95. The first-order valence-electron chi connectivity index (χ1n) is 12.1. The largest absolute Gasteiger partial charge is 0.396 e. The molecule has 1 aromatic heterocycles. The first kappa shape index (κ1) is 19.4. The molecule has 2 amide bonds. The number of nitrogen functional groups attached to an aromatic ring is 1. The first-order valence-corrected chi connectivity index (χ1v) is 12.1. The summed E-state index contributed by atoms with van der Waals surface area (Å²) in [5.41, 5.74) is 11.1. The maximum absolute atomic E-state index is 12.9. The van der Waals surface area contributed by atoms with Gasteiger partial charge < -0.3 is 20.4 Å². The fourth-order valence-electron chi connectivity index (χ4n) is 5.60. The van der Waals surface area contributed by atoms with Crippen molar-refractivity contribution in [3.63, 3.8) is 0 Å². The summed E-state index contributed by atoms with van der Waals surface area (Å²) in [5.74, 6) is 2.87. The number of aromatic nitrogens is 1. The van der Waals surface area contributed by atoms with Crippen molar-refractivity contribution in [1.29, 1.82) is 0 Å². The Bertz CT molecular complexity index is 934. The lowest BCUT2D eigenvalue weighted by Gasteiger charge is -2.43. The summed E-state index contributed by atoms with van der Waals surface area (Å²) in [6.45, 7) is 5.46. The second kappa shape index (κ2) is 7.10. The number of amides is 2. The standard InChI is InChI=1S/C24H33N5O2/c1-14(30)27-9-8-18-19(12-27)22(16-4-5-16)26-23(21(18)25)28-10-11-29(24(31)17-6-7-17)20(13-28)15-2-3-15/h15-17,20H,2-13,25H2,1H3/t20-/m0/s1. The Labute approximate surface area is 183 Å². The molecule has 3 saturated carbocycles. The molecule has 31 heavy (non-hydrogen) atoms. The van der Waals surface area contributed by atoms with Gasteiger partial charge in [-0.25, -0.2) is 4.98 Å². The fraction of sp³-hybridized carbons (Fsp3) is 0.708. The van der Waals surface area contributed by atoms with Gasteiger partial charge in [-0.3, -0.25) is 9.59 Å². The second-order valence-corrected chi connectivity index (χ2v) is 10.3. The van der Waals surface area contributed by atoms with E-state index in [1.165, 1.54) is 42.5 Å². The number of nitrogens with two attached hydrogens (primary N) is 1. The minimum absolute atomic E-state index is 0.124. The maximum Gasteiger partial charge on any atom is 0.226 e. The molecule has 0 unspecified atom stereocenters. The Morgan fingerprint density at radius 3 is 2.42 bits per heavy atom. The lowest BCUT2D eigenvalue weighted by atomic mass is 9.94. The summed E-state index contributed by atoms with van der Waals surface area (Å²) < 4.78 is 0. The molecular weight excluding hydrogens is 390 g/mol. The average Bonchev–Trinajstić information content (AvgIpc) is 3.65. The number of fused-ring (bicyclic) bond motifs is 1. The van der Waals surface area contributed by atoms with Gasteiger partial charge in [-0.1, -0.05) is 0 Å². The molecule has 0 radical (unpaired) electrons. The van der Waals surface area contributed by atoms with E-state index in [0.29, 0.717) is 30.3 Å². The van der Waals surface area contributed by atoms with Crippen molar-refractivity contribution in [3.05, 3.63) is 16.8 Å². The van der Waals surface area contributed by atoms with Gasteiger partial charge in [0.05, 0.1) is 17.4 Å². The molecule has 4 fully saturated rings. The molecule has 2 aliphatic heterocycles. The van der Waals surface area contributed by atoms with E-state index in [9.17, 15) is 9.59 Å². The van der Waals surface area contributed by atoms with E-state index < -0.39 is 0 Å². The number of rotatable bonds is 4. The zero-order valence-electron chi connectivity index (χ0n) is 18.5. The minimum Gasteiger partial charge on any atom is -0.396 e. The van der Waals surface area contributed by atoms with Crippen LogP contribution in [0.1, 0.15) is 68.2 Å². The summed E-state index contributed by atoms with van der Waals surface area (Å²) in [6, 6.07) is 0.302. The van der Waals surface area contributed by atoms with E-state index in [-0.39, 0.29) is 11.8 Å². The lowest BCUT2D eigenvalue weighted by molar-refractivity contribution is -0.136. The van der Waals surface area contributed by atoms with Gasteiger partial charge in [-0.05, 0) is 62.0 Å². The molecule has 2 N–H and O–H groups in total. The highest BCUT2D eigenvalue weighted by Gasteiger charge is 2.45. The summed E-state index contributed by atoms with van der Waals surface area (Å²) in [7, 11) is 0. The van der Waals surface area contributed by atoms with Gasteiger partial charge in [0.15, 0.2) is 5.82 Å². The molecule has 0 bridgehead atoms.